The van der Waals surface area contributed by atoms with Crippen molar-refractivity contribution in [3.8, 4) is 45.4 Å². The van der Waals surface area contributed by atoms with Gasteiger partial charge in [-0.3, -0.25) is 19.5 Å². The number of rotatable bonds is 11. The van der Waals surface area contributed by atoms with Gasteiger partial charge in [-0.15, -0.1) is 0 Å². The Hall–Kier alpha value is -4.09. The molecule has 10 nitrogen and oxygen atoms in total. The molecule has 3 aliphatic rings. The van der Waals surface area contributed by atoms with Crippen LogP contribution >= 0.6 is 23.2 Å². The number of piperidine rings is 1. The van der Waals surface area contributed by atoms with Crippen LogP contribution in [-0.2, 0) is 22.6 Å². The predicted octanol–water partition coefficient (Wildman–Crippen LogP) is 6.85. The fraction of sp³-hybridized carbons (Fsp3) is 0.410. The van der Waals surface area contributed by atoms with Gasteiger partial charge < -0.3 is 20.1 Å². The van der Waals surface area contributed by atoms with E-state index in [1.165, 1.54) is 5.56 Å². The van der Waals surface area contributed by atoms with E-state index in [1.807, 2.05) is 36.4 Å². The Morgan fingerprint density at radius 2 is 1.55 bits per heavy atom. The number of ketones is 1. The molecule has 2 N–H and O–H groups in total. The number of carbonyl (C=O) groups excluding carboxylic acids is 2. The molecule has 2 atom stereocenters. The van der Waals surface area contributed by atoms with E-state index in [9.17, 15) is 9.59 Å². The Kier molecular flexibility index (Phi) is 10.6. The lowest BCUT2D eigenvalue weighted by molar-refractivity contribution is -0.122. The standard InChI is InChI=1S/C39H42Cl2N6O4/c1-22(48)23-14-16-47(17-15-23)21-33-38(50-2)46-32(20-43-33)29-9-5-7-27(37(29)41)26-6-4-8-28(36(26)40)31-18-24-10-12-30(35(24)39(45-31)51-3)42-19-25-11-13-34(49)44-25/h4-9,18,20,23,25,30,42H,10-17,19,21H2,1-3H3,(H,44,49)/t25-,30-/m0/s1. The first-order valence-corrected chi connectivity index (χ1v) is 18.3. The summed E-state index contributed by atoms with van der Waals surface area (Å²) >= 11 is 14.3. The highest BCUT2D eigenvalue weighted by Gasteiger charge is 2.31. The van der Waals surface area contributed by atoms with Crippen molar-refractivity contribution >= 4 is 34.9 Å². The zero-order chi connectivity index (χ0) is 35.6. The third-order valence-corrected chi connectivity index (χ3v) is 11.2. The molecule has 2 aliphatic heterocycles. The fourth-order valence-electron chi connectivity index (χ4n) is 7.60. The molecule has 0 saturated carbocycles. The fourth-order valence-corrected chi connectivity index (χ4v) is 8.25. The topological polar surface area (TPSA) is 119 Å². The molecule has 2 aromatic heterocycles. The molecule has 0 unspecified atom stereocenters. The van der Waals surface area contributed by atoms with Gasteiger partial charge in [0.1, 0.15) is 11.5 Å². The van der Waals surface area contributed by atoms with Crippen LogP contribution in [-0.4, -0.2) is 71.4 Å². The number of nitrogens with one attached hydrogen (secondary N) is 2. The molecular formula is C39H42Cl2N6O4. The number of hydrogen-bond acceptors (Lipinski definition) is 9. The number of methoxy groups -OCH3 is 2. The number of amides is 1. The van der Waals surface area contributed by atoms with Crippen LogP contribution in [0.1, 0.15) is 61.9 Å². The summed E-state index contributed by atoms with van der Waals surface area (Å²) in [5, 5.41) is 7.69. The smallest absolute Gasteiger partial charge is 0.237 e. The van der Waals surface area contributed by atoms with Gasteiger partial charge in [-0.1, -0.05) is 59.6 Å². The highest BCUT2D eigenvalue weighted by Crippen LogP contribution is 2.44. The van der Waals surface area contributed by atoms with Crippen molar-refractivity contribution in [3.05, 3.63) is 75.5 Å². The molecule has 0 bridgehead atoms. The van der Waals surface area contributed by atoms with Gasteiger partial charge in [-0.25, -0.2) is 9.97 Å². The Labute approximate surface area is 308 Å². The number of Topliss-reactive ketones (excluding diaryl/α,β-unsaturated/α-hetero) is 1. The number of benzene rings is 2. The van der Waals surface area contributed by atoms with Gasteiger partial charge in [0, 0.05) is 65.3 Å². The van der Waals surface area contributed by atoms with Crippen LogP contribution in [0.4, 0.5) is 0 Å². The number of fused-ring (bicyclic) bond motifs is 1. The third kappa shape index (κ3) is 7.33. The largest absolute Gasteiger partial charge is 0.481 e. The van der Waals surface area contributed by atoms with Gasteiger partial charge in [0.15, 0.2) is 0 Å². The van der Waals surface area contributed by atoms with Crippen LogP contribution < -0.4 is 20.1 Å². The number of likely N-dealkylation sites (tertiary alicyclic amines) is 1. The summed E-state index contributed by atoms with van der Waals surface area (Å²) < 4.78 is 11.5. The van der Waals surface area contributed by atoms with Gasteiger partial charge in [-0.05, 0) is 63.7 Å². The van der Waals surface area contributed by atoms with Crippen molar-refractivity contribution in [3.63, 3.8) is 0 Å². The van der Waals surface area contributed by atoms with Gasteiger partial charge in [0.05, 0.1) is 41.8 Å². The highest BCUT2D eigenvalue weighted by molar-refractivity contribution is 6.39. The molecule has 1 amide bonds. The first-order valence-electron chi connectivity index (χ1n) is 17.6. The Morgan fingerprint density at radius 3 is 2.18 bits per heavy atom. The molecular weight excluding hydrogens is 687 g/mol. The Morgan fingerprint density at radius 1 is 0.902 bits per heavy atom. The number of hydrogen-bond donors (Lipinski definition) is 2. The highest BCUT2D eigenvalue weighted by atomic mass is 35.5. The quantitative estimate of drug-likeness (QED) is 0.171. The number of aromatic nitrogens is 3. The van der Waals surface area contributed by atoms with Crippen LogP contribution in [0.3, 0.4) is 0 Å². The summed E-state index contributed by atoms with van der Waals surface area (Å²) in [6.07, 6.45) is 6.66. The molecule has 0 radical (unpaired) electrons. The minimum absolute atomic E-state index is 0.0958. The molecule has 7 rings (SSSR count). The monoisotopic (exact) mass is 728 g/mol. The van der Waals surface area contributed by atoms with E-state index in [-0.39, 0.29) is 29.7 Å². The number of carbonyl (C=O) groups is 2. The molecule has 4 heterocycles. The minimum Gasteiger partial charge on any atom is -0.481 e. The van der Waals surface area contributed by atoms with Crippen molar-refractivity contribution in [1.82, 2.24) is 30.5 Å². The van der Waals surface area contributed by atoms with E-state index in [2.05, 4.69) is 21.6 Å². The molecule has 0 spiro atoms. The van der Waals surface area contributed by atoms with Crippen molar-refractivity contribution in [2.24, 2.45) is 5.92 Å². The molecule has 51 heavy (non-hydrogen) atoms. The van der Waals surface area contributed by atoms with E-state index < -0.39 is 0 Å². The van der Waals surface area contributed by atoms with Crippen LogP contribution in [0.2, 0.25) is 10.0 Å². The number of nitrogens with zero attached hydrogens (tertiary/aromatic N) is 4. The lowest BCUT2D eigenvalue weighted by atomic mass is 9.93. The van der Waals surface area contributed by atoms with Gasteiger partial charge in [0.25, 0.3) is 0 Å². The maximum absolute atomic E-state index is 11.8. The van der Waals surface area contributed by atoms with Gasteiger partial charge in [0.2, 0.25) is 17.7 Å². The van der Waals surface area contributed by atoms with E-state index in [0.29, 0.717) is 52.6 Å². The zero-order valence-electron chi connectivity index (χ0n) is 29.1. The van der Waals surface area contributed by atoms with Crippen LogP contribution in [0.5, 0.6) is 11.8 Å². The van der Waals surface area contributed by atoms with Crippen molar-refractivity contribution in [2.45, 2.75) is 64.1 Å². The van der Waals surface area contributed by atoms with E-state index in [0.717, 1.165) is 78.8 Å². The Balaban J connectivity index is 1.14. The van der Waals surface area contributed by atoms with E-state index in [1.54, 1.807) is 27.3 Å². The summed E-state index contributed by atoms with van der Waals surface area (Å²) in [7, 11) is 3.24. The molecule has 2 saturated heterocycles. The van der Waals surface area contributed by atoms with Gasteiger partial charge >= 0.3 is 0 Å². The lowest BCUT2D eigenvalue weighted by Crippen LogP contribution is -2.36. The van der Waals surface area contributed by atoms with Crippen molar-refractivity contribution < 1.29 is 19.1 Å². The second-order valence-corrected chi connectivity index (χ2v) is 14.4. The second kappa shape index (κ2) is 15.3. The van der Waals surface area contributed by atoms with Crippen LogP contribution in [0.25, 0.3) is 33.6 Å². The summed E-state index contributed by atoms with van der Waals surface area (Å²) in [6, 6.07) is 14.0. The minimum atomic E-state index is 0.0958. The van der Waals surface area contributed by atoms with E-state index in [4.69, 9.17) is 47.6 Å². The van der Waals surface area contributed by atoms with Crippen LogP contribution in [0, 0.1) is 5.92 Å². The maximum Gasteiger partial charge on any atom is 0.237 e. The first-order chi connectivity index (χ1) is 24.7. The summed E-state index contributed by atoms with van der Waals surface area (Å²) in [5.41, 5.74) is 7.31. The number of ether oxygens (including phenoxy) is 2. The Bertz CT molecular complexity index is 1960. The molecule has 266 valence electrons. The number of halogens is 2. The van der Waals surface area contributed by atoms with Gasteiger partial charge in [-0.2, -0.15) is 0 Å². The summed E-state index contributed by atoms with van der Waals surface area (Å²) in [6.45, 7) is 4.64. The lowest BCUT2D eigenvalue weighted by Gasteiger charge is -2.30. The van der Waals surface area contributed by atoms with Crippen molar-refractivity contribution in [1.29, 1.82) is 0 Å². The average Bonchev–Trinajstić information content (AvgIpc) is 3.76. The maximum atomic E-state index is 11.8. The predicted molar refractivity (Wildman–Crippen MR) is 198 cm³/mol. The molecule has 2 aromatic carbocycles. The van der Waals surface area contributed by atoms with Crippen LogP contribution in [0.15, 0.2) is 48.7 Å². The third-order valence-electron chi connectivity index (χ3n) is 10.4. The van der Waals surface area contributed by atoms with Crippen molar-refractivity contribution in [2.75, 3.05) is 33.9 Å². The number of pyridine rings is 1. The zero-order valence-corrected chi connectivity index (χ0v) is 30.6. The normalized spacial score (nSPS) is 19.2. The van der Waals surface area contributed by atoms with E-state index >= 15 is 0 Å². The summed E-state index contributed by atoms with van der Waals surface area (Å²) in [4.78, 5) is 40.3. The first kappa shape index (κ1) is 35.3. The SMILES string of the molecule is COc1nc(-c2cccc(-c3cccc(-c4cc5c(c(OC)n4)[C@@H](NC[C@@H]4CCC(=O)N4)CC5)c3Cl)c2Cl)cnc1CN1CCC(C(C)=O)CC1. The molecule has 1 aliphatic carbocycles. The number of aryl methyl sites for hydroxylation is 1. The second-order valence-electron chi connectivity index (χ2n) is 13.6. The molecule has 4 aromatic rings. The summed E-state index contributed by atoms with van der Waals surface area (Å²) in [5.74, 6) is 1.54. The molecule has 2 fully saturated rings. The molecule has 12 heteroatoms. The average molecular weight is 730 g/mol.